The number of β-amino-alcohol motifs (C(OH)–C–C–N with tert-alkyl or cyclic N) is 1. The van der Waals surface area contributed by atoms with Gasteiger partial charge >= 0.3 is 0 Å². The number of nitrogens with zero attached hydrogens (tertiary/aromatic N) is 2. The molecule has 3 atom stereocenters. The molecule has 68 heavy (non-hydrogen) atoms. The van der Waals surface area contributed by atoms with Gasteiger partial charge < -0.3 is 30.7 Å². The molecule has 1 aromatic heterocycles. The minimum atomic E-state index is -1.27. The number of likely N-dealkylation sites (tertiary alicyclic amines) is 1. The SMILES string of the molecule is Cc1ncsc1-c1ccc(CNC(=O)[C@@H]2C[C@@H](O)CN2C(=O)[C@@H](CC(=O)CCCCCCCCCCCNCCCOCC(=O)c2ccc(F)c(F)c2Nc2ccc(I)cc2F)C(C)(C)C)cc1. The molecule has 0 aliphatic carbocycles. The summed E-state index contributed by atoms with van der Waals surface area (Å²) in [4.78, 5) is 60.4. The average molecular weight is 1070 g/mol. The number of thiazole rings is 1. The lowest BCUT2D eigenvalue weighted by atomic mass is 9.76. The Bertz CT molecular complexity index is 2290. The third kappa shape index (κ3) is 16.7. The quantitative estimate of drug-likeness (QED) is 0.0248. The maximum absolute atomic E-state index is 14.7. The number of unbranched alkanes of at least 4 members (excludes halogenated alkanes) is 8. The van der Waals surface area contributed by atoms with Crippen LogP contribution in [0, 0.1) is 39.3 Å². The van der Waals surface area contributed by atoms with Crippen molar-refractivity contribution < 1.29 is 42.2 Å². The number of amides is 2. The van der Waals surface area contributed by atoms with Gasteiger partial charge in [0.15, 0.2) is 17.4 Å². The highest BCUT2D eigenvalue weighted by Gasteiger charge is 2.44. The van der Waals surface area contributed by atoms with Crippen molar-refractivity contribution in [2.24, 2.45) is 11.3 Å². The summed E-state index contributed by atoms with van der Waals surface area (Å²) >= 11 is 3.52. The summed E-state index contributed by atoms with van der Waals surface area (Å²) in [5.74, 6) is -4.75. The van der Waals surface area contributed by atoms with Crippen molar-refractivity contribution in [3.63, 3.8) is 0 Å². The third-order valence-electron chi connectivity index (χ3n) is 12.3. The van der Waals surface area contributed by atoms with E-state index in [2.05, 4.69) is 20.9 Å². The van der Waals surface area contributed by atoms with E-state index in [1.165, 1.54) is 23.1 Å². The first-order valence-electron chi connectivity index (χ1n) is 23.8. The summed E-state index contributed by atoms with van der Waals surface area (Å²) < 4.78 is 49.2. The molecule has 0 spiro atoms. The molecule has 0 radical (unpaired) electrons. The number of anilines is 2. The zero-order valence-electron chi connectivity index (χ0n) is 39.7. The lowest BCUT2D eigenvalue weighted by Crippen LogP contribution is -2.50. The van der Waals surface area contributed by atoms with Gasteiger partial charge in [0.1, 0.15) is 24.2 Å². The number of hydrogen-bond donors (Lipinski definition) is 4. The molecule has 1 saturated heterocycles. The summed E-state index contributed by atoms with van der Waals surface area (Å²) in [6, 6.07) is 13.4. The van der Waals surface area contributed by atoms with Gasteiger partial charge in [-0.3, -0.25) is 19.2 Å². The van der Waals surface area contributed by atoms with E-state index in [1.807, 2.05) is 80.1 Å². The van der Waals surface area contributed by atoms with Gasteiger partial charge in [-0.05, 0) is 109 Å². The summed E-state index contributed by atoms with van der Waals surface area (Å²) in [5, 5.41) is 19.5. The van der Waals surface area contributed by atoms with Gasteiger partial charge in [0.05, 0.1) is 33.6 Å². The van der Waals surface area contributed by atoms with Crippen LogP contribution in [0.2, 0.25) is 0 Å². The Morgan fingerprint density at radius 3 is 2.24 bits per heavy atom. The first-order valence-corrected chi connectivity index (χ1v) is 25.8. The first-order chi connectivity index (χ1) is 32.5. The average Bonchev–Trinajstić information content (AvgIpc) is 3.92. The number of aliphatic hydroxyl groups is 1. The van der Waals surface area contributed by atoms with E-state index < -0.39 is 52.4 Å². The summed E-state index contributed by atoms with van der Waals surface area (Å²) in [6.45, 7) is 9.73. The second-order valence-corrected chi connectivity index (χ2v) is 20.9. The Hall–Kier alpha value is -4.23. The molecule has 1 aliphatic rings. The molecule has 2 amide bonds. The number of rotatable bonds is 28. The molecular formula is C52H67F3IN5O6S. The van der Waals surface area contributed by atoms with Gasteiger partial charge in [-0.1, -0.05) is 90.0 Å². The number of Topliss-reactive ketones (excluding diaryl/α,β-unsaturated/α-hetero) is 2. The minimum Gasteiger partial charge on any atom is -0.391 e. The minimum absolute atomic E-state index is 0.0486. The Morgan fingerprint density at radius 1 is 0.897 bits per heavy atom. The fourth-order valence-electron chi connectivity index (χ4n) is 8.37. The van der Waals surface area contributed by atoms with Gasteiger partial charge in [0, 0.05) is 54.0 Å². The number of ketones is 2. The van der Waals surface area contributed by atoms with Crippen LogP contribution < -0.4 is 16.0 Å². The molecule has 370 valence electrons. The fraction of sp³-hybridized carbons (Fsp3) is 0.519. The Morgan fingerprint density at radius 2 is 1.57 bits per heavy atom. The molecule has 0 unspecified atom stereocenters. The van der Waals surface area contributed by atoms with Crippen molar-refractivity contribution in [3.05, 3.63) is 98.0 Å². The molecule has 1 fully saturated rings. The number of ether oxygens (including phenoxy) is 1. The van der Waals surface area contributed by atoms with Crippen LogP contribution in [0.1, 0.15) is 126 Å². The van der Waals surface area contributed by atoms with Gasteiger partial charge in [0.2, 0.25) is 11.8 Å². The van der Waals surface area contributed by atoms with Crippen LogP contribution in [-0.4, -0.2) is 83.4 Å². The number of carbonyl (C=O) groups is 4. The van der Waals surface area contributed by atoms with Crippen molar-refractivity contribution >= 4 is 68.7 Å². The molecule has 4 N–H and O–H groups in total. The van der Waals surface area contributed by atoms with E-state index in [0.717, 1.165) is 92.1 Å². The first kappa shape index (κ1) is 54.7. The van der Waals surface area contributed by atoms with Crippen LogP contribution in [-0.2, 0) is 25.7 Å². The Kier molecular flexibility index (Phi) is 21.9. The number of hydrogen-bond acceptors (Lipinski definition) is 10. The predicted octanol–water partition coefficient (Wildman–Crippen LogP) is 10.9. The molecule has 0 bridgehead atoms. The fourth-order valence-corrected chi connectivity index (χ4v) is 9.63. The second kappa shape index (κ2) is 27.2. The maximum atomic E-state index is 14.7. The highest BCUT2D eigenvalue weighted by atomic mass is 127. The predicted molar refractivity (Wildman–Crippen MR) is 270 cm³/mol. The Labute approximate surface area is 416 Å². The number of nitrogens with one attached hydrogen (secondary N) is 3. The van der Waals surface area contributed by atoms with E-state index in [4.69, 9.17) is 4.74 Å². The van der Waals surface area contributed by atoms with E-state index in [9.17, 15) is 37.5 Å². The van der Waals surface area contributed by atoms with Crippen LogP contribution in [0.5, 0.6) is 0 Å². The molecule has 11 nitrogen and oxygen atoms in total. The summed E-state index contributed by atoms with van der Waals surface area (Å²) in [5.41, 5.74) is 3.64. The van der Waals surface area contributed by atoms with E-state index in [1.54, 1.807) is 17.4 Å². The number of aryl methyl sites for hydroxylation is 1. The molecule has 2 heterocycles. The van der Waals surface area contributed by atoms with Crippen LogP contribution >= 0.6 is 33.9 Å². The monoisotopic (exact) mass is 1070 g/mol. The largest absolute Gasteiger partial charge is 0.391 e. The van der Waals surface area contributed by atoms with Gasteiger partial charge in [-0.2, -0.15) is 0 Å². The standard InChI is InChI=1S/C52H67F3IN5O6S/c1-34-49(68-33-59-34)36-18-16-35(17-19-36)30-58-50(65)45-29-39(63)31-61(45)51(66)41(52(2,3)4)28-38(62)15-12-10-8-6-5-7-9-11-13-24-57-25-14-26-67-32-46(64)40-21-22-42(53)47(55)48(40)60-44-23-20-37(56)27-43(44)54/h16-23,27,33,39,41,45,57,60,63H,5-15,24-26,28-32H2,1-4H3,(H,58,65)/t39-,41-,45+/m1/s1. The zero-order valence-corrected chi connectivity index (χ0v) is 42.7. The number of benzene rings is 3. The van der Waals surface area contributed by atoms with Gasteiger partial charge in [-0.15, -0.1) is 11.3 Å². The Balaban J connectivity index is 0.887. The van der Waals surface area contributed by atoms with Crippen molar-refractivity contribution in [3.8, 4) is 10.4 Å². The molecule has 16 heteroatoms. The van der Waals surface area contributed by atoms with Crippen LogP contribution in [0.3, 0.4) is 0 Å². The van der Waals surface area contributed by atoms with Crippen molar-refractivity contribution in [1.29, 1.82) is 0 Å². The number of carbonyl (C=O) groups excluding carboxylic acids is 4. The normalized spacial score (nSPS) is 15.4. The molecule has 4 aromatic rings. The number of halogens is 4. The van der Waals surface area contributed by atoms with E-state index in [0.29, 0.717) is 36.1 Å². The summed E-state index contributed by atoms with van der Waals surface area (Å²) in [7, 11) is 0. The van der Waals surface area contributed by atoms with Gasteiger partial charge in [0.25, 0.3) is 0 Å². The second-order valence-electron chi connectivity index (χ2n) is 18.8. The van der Waals surface area contributed by atoms with E-state index >= 15 is 0 Å². The molecule has 3 aromatic carbocycles. The van der Waals surface area contributed by atoms with E-state index in [-0.39, 0.29) is 54.8 Å². The maximum Gasteiger partial charge on any atom is 0.243 e. The van der Waals surface area contributed by atoms with Gasteiger partial charge in [-0.25, -0.2) is 18.2 Å². The van der Waals surface area contributed by atoms with Crippen molar-refractivity contribution in [2.45, 2.75) is 130 Å². The molecule has 0 saturated carbocycles. The smallest absolute Gasteiger partial charge is 0.243 e. The van der Waals surface area contributed by atoms with Crippen molar-refractivity contribution in [2.75, 3.05) is 38.2 Å². The number of aromatic nitrogens is 1. The molecular weight excluding hydrogens is 1010 g/mol. The van der Waals surface area contributed by atoms with Crippen molar-refractivity contribution in [1.82, 2.24) is 20.5 Å². The molecule has 5 rings (SSSR count). The lowest BCUT2D eigenvalue weighted by Gasteiger charge is -2.34. The van der Waals surface area contributed by atoms with Crippen LogP contribution in [0.4, 0.5) is 24.5 Å². The van der Waals surface area contributed by atoms with Crippen LogP contribution in [0.15, 0.2) is 60.1 Å². The molecule has 1 aliphatic heterocycles. The summed E-state index contributed by atoms with van der Waals surface area (Å²) in [6.07, 6.45) is 10.0. The van der Waals surface area contributed by atoms with Crippen LogP contribution in [0.25, 0.3) is 10.4 Å². The zero-order chi connectivity index (χ0) is 49.2. The highest BCUT2D eigenvalue weighted by molar-refractivity contribution is 14.1. The highest BCUT2D eigenvalue weighted by Crippen LogP contribution is 2.35. The lowest BCUT2D eigenvalue weighted by molar-refractivity contribution is -0.146. The third-order valence-corrected chi connectivity index (χ3v) is 14.0. The number of aliphatic hydroxyl groups excluding tert-OH is 1. The topological polar surface area (TPSA) is 150 Å².